The molecule has 0 aromatic carbocycles. The van der Waals surface area contributed by atoms with Crippen molar-refractivity contribution in [3.63, 3.8) is 0 Å². The van der Waals surface area contributed by atoms with Gasteiger partial charge in [-0.2, -0.15) is 22.7 Å². The summed E-state index contributed by atoms with van der Waals surface area (Å²) in [6, 6.07) is 7.78. The van der Waals surface area contributed by atoms with Gasteiger partial charge in [-0.05, 0) is 89.6 Å². The Balaban J connectivity index is 0.000000190. The molecule has 486 valence electrons. The molecule has 9 heterocycles. The van der Waals surface area contributed by atoms with Gasteiger partial charge in [0.1, 0.15) is 28.8 Å². The van der Waals surface area contributed by atoms with E-state index in [1.54, 1.807) is 0 Å². The molecule has 25 nitrogen and oxygen atoms in total. The highest BCUT2D eigenvalue weighted by atomic mass is 32.2. The Hall–Kier alpha value is -8.09. The van der Waals surface area contributed by atoms with E-state index >= 15 is 13.2 Å². The van der Waals surface area contributed by atoms with Crippen LogP contribution in [0.25, 0.3) is 0 Å². The molecule has 89 heavy (non-hydrogen) atoms. The molecule has 9 rings (SSSR count). The number of aryl methyl sites for hydroxylation is 1. The van der Waals surface area contributed by atoms with Crippen LogP contribution in [-0.2, 0) is 42.7 Å². The predicted molar refractivity (Wildman–Crippen MR) is 295 cm³/mol. The molecule has 0 saturated carbocycles. The number of hydrogen-bond donors (Lipinski definition) is 3. The van der Waals surface area contributed by atoms with Gasteiger partial charge in [-0.3, -0.25) is 20.3 Å². The lowest BCUT2D eigenvalue weighted by Gasteiger charge is -2.37. The Bertz CT molecular complexity index is 3710. The van der Waals surface area contributed by atoms with Gasteiger partial charge >= 0.3 is 24.3 Å². The number of nitrogens with zero attached hydrogens (tertiary/aromatic N) is 10. The number of alkyl halides is 8. The Morgan fingerprint density at radius 1 is 0.584 bits per heavy atom. The van der Waals surface area contributed by atoms with Crippen LogP contribution in [0.5, 0.6) is 5.88 Å². The molecule has 37 heteroatoms. The fourth-order valence-corrected chi connectivity index (χ4v) is 14.9. The minimum Gasteiger partial charge on any atom is -0.481 e. The van der Waals surface area contributed by atoms with Crippen molar-refractivity contribution in [2.24, 2.45) is 24.8 Å². The van der Waals surface area contributed by atoms with Crippen LogP contribution in [0.3, 0.4) is 0 Å². The summed E-state index contributed by atoms with van der Waals surface area (Å²) in [5, 5.41) is 10.1. The van der Waals surface area contributed by atoms with Crippen LogP contribution in [0.1, 0.15) is 77.1 Å². The predicted octanol–water partition coefficient (Wildman–Crippen LogP) is 9.27. The van der Waals surface area contributed by atoms with Crippen molar-refractivity contribution >= 4 is 64.9 Å². The third-order valence-electron chi connectivity index (χ3n) is 15.3. The molecule has 6 aromatic rings. The summed E-state index contributed by atoms with van der Waals surface area (Å²) < 4.78 is 216. The van der Waals surface area contributed by atoms with Gasteiger partial charge in [-0.1, -0.05) is 10.3 Å². The number of urea groups is 3. The Morgan fingerprint density at radius 2 is 1.01 bits per heavy atom. The zero-order valence-corrected chi connectivity index (χ0v) is 50.3. The standard InChI is InChI=1S/C18H21F4N5O3S.C17H18F4N4O4S.C17H21FN4O5S/c1-18(22,31(29,30)13-10-26(2)25-15(13)16(20)21)11-5-7-27(8-6-11)17(28)24-12-3-4-14(19)23-9-12;1-16(18,30(27,28)12-2-3-13(22-10-12)17(19,20)21)11-4-7-25(8-5-11)15(26)23-14-6-9-29-24-14;1-17(18,28(24,25)13-3-4-15(26-2)19-11-13)12-5-8-22(9-6-12)16(23)20-14-7-10-27-21-14/h3-4,9-11,16H,5-8H2,1-2H3,(H,24,28);2-3,6,9-11H,4-5,7-8H2,1H3,(H,23,24,26);3-4,7,10-12H,5-6,8-9H2,1-2H3,(H,20,21,23)/t18-;16-;17-/m111/s1. The van der Waals surface area contributed by atoms with Crippen molar-refractivity contribution in [3.05, 3.63) is 103 Å². The van der Waals surface area contributed by atoms with Crippen molar-refractivity contribution in [2.45, 2.75) is 102 Å². The number of ether oxygens (including phenoxy) is 1. The SMILES string of the molecule is COc1ccc(S(=O)(=O)[C@@](C)(F)C2CCN(C(=O)Nc3ccon3)CC2)cn1.C[C@](F)(C1CCN(C(=O)Nc2ccon2)CC1)S(=O)(=O)c1ccc(C(F)(F)F)nc1.Cn1cc(S(=O)(=O)[C@@](C)(F)C2CCN(C(=O)Nc3ccc(F)nc3)CC2)c(C(F)F)n1. The molecule has 6 aromatic heterocycles. The highest BCUT2D eigenvalue weighted by molar-refractivity contribution is 7.93. The molecule has 3 fully saturated rings. The first-order chi connectivity index (χ1) is 41.6. The minimum absolute atomic E-state index is 0.00555. The zero-order chi connectivity index (χ0) is 65.5. The van der Waals surface area contributed by atoms with Crippen molar-refractivity contribution in [2.75, 3.05) is 62.3 Å². The van der Waals surface area contributed by atoms with E-state index in [4.69, 9.17) is 4.74 Å². The normalized spacial score (nSPS) is 17.8. The number of halogens is 9. The van der Waals surface area contributed by atoms with Crippen LogP contribution in [0, 0.1) is 23.7 Å². The summed E-state index contributed by atoms with van der Waals surface area (Å²) >= 11 is 0. The summed E-state index contributed by atoms with van der Waals surface area (Å²) in [4.78, 5) is 49.6. The van der Waals surface area contributed by atoms with Gasteiger partial charge < -0.3 is 33.8 Å². The number of likely N-dealkylation sites (tertiary alicyclic amines) is 3. The number of nitrogens with one attached hydrogen (secondary N) is 3. The maximum atomic E-state index is 15.6. The number of aromatic nitrogens is 7. The molecule has 0 radical (unpaired) electrons. The Kier molecular flexibility index (Phi) is 21.0. The van der Waals surface area contributed by atoms with Crippen LogP contribution < -0.4 is 20.7 Å². The molecule has 3 saturated heterocycles. The Labute approximate surface area is 503 Å². The van der Waals surface area contributed by atoms with Gasteiger partial charge in [0.2, 0.25) is 56.3 Å². The van der Waals surface area contributed by atoms with Crippen molar-refractivity contribution in [1.29, 1.82) is 0 Å². The van der Waals surface area contributed by atoms with Crippen LogP contribution in [0.15, 0.2) is 110 Å². The lowest BCUT2D eigenvalue weighted by Crippen LogP contribution is -2.48. The van der Waals surface area contributed by atoms with E-state index in [0.717, 1.165) is 50.1 Å². The first-order valence-electron chi connectivity index (χ1n) is 26.9. The third-order valence-corrected chi connectivity index (χ3v) is 22.1. The maximum absolute atomic E-state index is 15.6. The number of anilines is 3. The van der Waals surface area contributed by atoms with Gasteiger partial charge in [0, 0.05) is 101 Å². The smallest absolute Gasteiger partial charge is 0.433 e. The number of hydrogen-bond acceptors (Lipinski definition) is 18. The number of pyridine rings is 3. The van der Waals surface area contributed by atoms with E-state index in [1.807, 2.05) is 0 Å². The lowest BCUT2D eigenvalue weighted by atomic mass is 9.92. The fourth-order valence-electron chi connectivity index (χ4n) is 9.91. The fraction of sp³-hybridized carbons (Fsp3) is 0.481. The highest BCUT2D eigenvalue weighted by Crippen LogP contribution is 2.44. The first kappa shape index (κ1) is 68.4. The van der Waals surface area contributed by atoms with Crippen molar-refractivity contribution < 1.29 is 92.9 Å². The highest BCUT2D eigenvalue weighted by Gasteiger charge is 2.52. The number of rotatable bonds is 14. The lowest BCUT2D eigenvalue weighted by molar-refractivity contribution is -0.141. The molecule has 0 aliphatic carbocycles. The number of carbonyl (C=O) groups excluding carboxylic acids is 3. The van der Waals surface area contributed by atoms with E-state index < -0.39 is 120 Å². The summed E-state index contributed by atoms with van der Waals surface area (Å²) in [6.45, 7) is 3.55. The van der Waals surface area contributed by atoms with Gasteiger partial charge in [0.15, 0.2) is 11.6 Å². The van der Waals surface area contributed by atoms with E-state index in [-0.39, 0.29) is 106 Å². The van der Waals surface area contributed by atoms with Gasteiger partial charge in [-0.15, -0.1) is 0 Å². The first-order valence-corrected chi connectivity index (χ1v) is 31.3. The van der Waals surface area contributed by atoms with Crippen LogP contribution in [0.4, 0.5) is 71.2 Å². The zero-order valence-electron chi connectivity index (χ0n) is 47.9. The second-order valence-electron chi connectivity index (χ2n) is 20.9. The van der Waals surface area contributed by atoms with Crippen molar-refractivity contribution in [1.82, 2.24) is 49.7 Å². The molecule has 3 N–H and O–H groups in total. The number of methoxy groups -OCH3 is 1. The van der Waals surface area contributed by atoms with E-state index in [9.17, 15) is 66.0 Å². The second-order valence-corrected chi connectivity index (χ2v) is 27.7. The molecular weight excluding hydrogens is 1270 g/mol. The second kappa shape index (κ2) is 27.3. The minimum atomic E-state index is -4.78. The van der Waals surface area contributed by atoms with Gasteiger partial charge in [0.05, 0.1) is 28.8 Å². The summed E-state index contributed by atoms with van der Waals surface area (Å²) in [5.74, 6) is -2.71. The largest absolute Gasteiger partial charge is 0.481 e. The topological polar surface area (TPSA) is 317 Å². The molecule has 0 bridgehead atoms. The van der Waals surface area contributed by atoms with Gasteiger partial charge in [0.25, 0.3) is 6.43 Å². The average Bonchev–Trinajstić information content (AvgIpc) is 1.81. The number of carbonyl (C=O) groups is 3. The average molecular weight is 1330 g/mol. The molecule has 3 aliphatic rings. The monoisotopic (exact) mass is 1330 g/mol. The molecule has 0 spiro atoms. The summed E-state index contributed by atoms with van der Waals surface area (Å²) in [7, 11) is -11.0. The van der Waals surface area contributed by atoms with E-state index in [2.05, 4.69) is 55.4 Å². The number of amides is 6. The molecule has 3 aliphatic heterocycles. The Morgan fingerprint density at radius 3 is 1.36 bits per heavy atom. The van der Waals surface area contributed by atoms with Gasteiger partial charge in [-0.25, -0.2) is 71.6 Å². The quantitative estimate of drug-likeness (QED) is 0.0675. The molecule has 0 unspecified atom stereocenters. The van der Waals surface area contributed by atoms with Crippen LogP contribution in [0.2, 0.25) is 0 Å². The third kappa shape index (κ3) is 15.5. The molecular formula is C52H60F9N13O12S3. The number of sulfone groups is 3. The summed E-state index contributed by atoms with van der Waals surface area (Å²) in [6.07, 6.45) is -1.17. The van der Waals surface area contributed by atoms with Crippen molar-refractivity contribution in [3.8, 4) is 5.88 Å². The maximum Gasteiger partial charge on any atom is 0.433 e. The van der Waals surface area contributed by atoms with Crippen LogP contribution >= 0.6 is 0 Å². The van der Waals surface area contributed by atoms with Crippen LogP contribution in [-0.4, -0.2) is 154 Å². The molecule has 3 atom stereocenters. The van der Waals surface area contributed by atoms with E-state index in [0.29, 0.717) is 18.3 Å². The number of piperidine rings is 3. The molecule has 6 amide bonds. The summed E-state index contributed by atoms with van der Waals surface area (Å²) in [5.41, 5.74) is -1.99. The van der Waals surface area contributed by atoms with E-state index in [1.165, 1.54) is 71.7 Å².